The molecule has 0 bridgehead atoms. The number of nitrogens with one attached hydrogen (secondary N) is 1. The van der Waals surface area contributed by atoms with Crippen LogP contribution in [0.1, 0.15) is 38.5 Å². The number of likely N-dealkylation sites (tertiary alicyclic amines) is 1. The molecule has 124 valence electrons. The highest BCUT2D eigenvalue weighted by atomic mass is 16.5. The fourth-order valence-electron chi connectivity index (χ4n) is 3.30. The van der Waals surface area contributed by atoms with E-state index in [-0.39, 0.29) is 11.9 Å². The molecule has 22 heavy (non-hydrogen) atoms. The monoisotopic (exact) mass is 309 g/mol. The van der Waals surface area contributed by atoms with Gasteiger partial charge in [-0.15, -0.1) is 0 Å². The van der Waals surface area contributed by atoms with Crippen LogP contribution in [-0.4, -0.2) is 67.2 Å². The van der Waals surface area contributed by atoms with Crippen LogP contribution in [0.3, 0.4) is 0 Å². The molecule has 1 N–H and O–H groups in total. The molecule has 0 radical (unpaired) electrons. The van der Waals surface area contributed by atoms with Gasteiger partial charge in [-0.25, -0.2) is 4.79 Å². The van der Waals surface area contributed by atoms with Gasteiger partial charge in [-0.2, -0.15) is 0 Å². The Balaban J connectivity index is 1.36. The van der Waals surface area contributed by atoms with Gasteiger partial charge in [-0.1, -0.05) is 0 Å². The molecule has 0 aromatic rings. The van der Waals surface area contributed by atoms with Crippen LogP contribution >= 0.6 is 0 Å². The van der Waals surface area contributed by atoms with Gasteiger partial charge in [-0.3, -0.25) is 4.79 Å². The van der Waals surface area contributed by atoms with E-state index in [9.17, 15) is 9.59 Å². The quantitative estimate of drug-likeness (QED) is 0.719. The first-order valence-corrected chi connectivity index (χ1v) is 8.64. The van der Waals surface area contributed by atoms with Crippen molar-refractivity contribution >= 4 is 11.9 Å². The van der Waals surface area contributed by atoms with Crippen molar-refractivity contribution < 1.29 is 14.3 Å². The summed E-state index contributed by atoms with van der Waals surface area (Å²) in [6.07, 6.45) is 5.82. The van der Waals surface area contributed by atoms with Crippen LogP contribution in [0.15, 0.2) is 0 Å². The Labute approximate surface area is 132 Å². The summed E-state index contributed by atoms with van der Waals surface area (Å²) in [5.41, 5.74) is 0. The van der Waals surface area contributed by atoms with Gasteiger partial charge in [0, 0.05) is 51.2 Å². The van der Waals surface area contributed by atoms with Crippen LogP contribution in [0, 0.1) is 5.92 Å². The number of carbonyl (C=O) groups excluding carboxylic acids is 2. The fraction of sp³-hybridized carbons (Fsp3) is 0.875. The summed E-state index contributed by atoms with van der Waals surface area (Å²) >= 11 is 0. The average Bonchev–Trinajstić information content (AvgIpc) is 3.06. The fourth-order valence-corrected chi connectivity index (χ4v) is 3.30. The van der Waals surface area contributed by atoms with Crippen LogP contribution in [0.4, 0.5) is 4.79 Å². The van der Waals surface area contributed by atoms with E-state index in [2.05, 4.69) is 5.32 Å². The van der Waals surface area contributed by atoms with Gasteiger partial charge in [0.25, 0.3) is 0 Å². The third-order valence-corrected chi connectivity index (χ3v) is 4.78. The number of carbonyl (C=O) groups is 2. The zero-order valence-corrected chi connectivity index (χ0v) is 13.3. The third-order valence-electron chi connectivity index (χ3n) is 4.78. The molecule has 6 nitrogen and oxygen atoms in total. The molecule has 2 aliphatic heterocycles. The highest BCUT2D eigenvalue weighted by Gasteiger charge is 2.34. The molecule has 3 amide bonds. The second kappa shape index (κ2) is 7.31. The Morgan fingerprint density at radius 1 is 1.36 bits per heavy atom. The van der Waals surface area contributed by atoms with Crippen LogP contribution < -0.4 is 5.32 Å². The molecule has 6 heteroatoms. The Morgan fingerprint density at radius 2 is 2.23 bits per heavy atom. The summed E-state index contributed by atoms with van der Waals surface area (Å²) in [5, 5.41) is 3.03. The molecule has 0 spiro atoms. The van der Waals surface area contributed by atoms with E-state index in [0.717, 1.165) is 65.0 Å². The number of nitrogens with zero attached hydrogens (tertiary/aromatic N) is 2. The molecule has 3 aliphatic rings. The molecule has 1 atom stereocenters. The molecule has 3 rings (SSSR count). The first-order valence-electron chi connectivity index (χ1n) is 8.64. The molecule has 0 aromatic heterocycles. The highest BCUT2D eigenvalue weighted by molar-refractivity contribution is 5.78. The van der Waals surface area contributed by atoms with Crippen molar-refractivity contribution in [3.8, 4) is 0 Å². The normalized spacial score (nSPS) is 24.8. The summed E-state index contributed by atoms with van der Waals surface area (Å²) in [4.78, 5) is 27.8. The first kappa shape index (κ1) is 15.6. The number of ether oxygens (including phenoxy) is 1. The van der Waals surface area contributed by atoms with Crippen molar-refractivity contribution in [1.82, 2.24) is 15.1 Å². The lowest BCUT2D eigenvalue weighted by atomic mass is 10.1. The van der Waals surface area contributed by atoms with Crippen LogP contribution in [0.25, 0.3) is 0 Å². The lowest BCUT2D eigenvalue weighted by Crippen LogP contribution is -2.44. The van der Waals surface area contributed by atoms with Gasteiger partial charge >= 0.3 is 6.03 Å². The first-order chi connectivity index (χ1) is 10.7. The zero-order valence-electron chi connectivity index (χ0n) is 13.3. The Morgan fingerprint density at radius 3 is 2.86 bits per heavy atom. The average molecular weight is 309 g/mol. The van der Waals surface area contributed by atoms with Crippen molar-refractivity contribution in [2.75, 3.05) is 39.4 Å². The zero-order chi connectivity index (χ0) is 15.4. The van der Waals surface area contributed by atoms with Crippen molar-refractivity contribution in [2.24, 2.45) is 5.92 Å². The van der Waals surface area contributed by atoms with E-state index in [1.807, 2.05) is 9.80 Å². The van der Waals surface area contributed by atoms with Gasteiger partial charge < -0.3 is 19.9 Å². The molecule has 3 fully saturated rings. The van der Waals surface area contributed by atoms with Gasteiger partial charge in [-0.05, 0) is 32.1 Å². The topological polar surface area (TPSA) is 61.9 Å². The summed E-state index contributed by atoms with van der Waals surface area (Å²) in [6, 6.07) is 0.489. The molecule has 0 aromatic carbocycles. The minimum atomic E-state index is 0.0575. The van der Waals surface area contributed by atoms with Gasteiger partial charge in [0.1, 0.15) is 0 Å². The summed E-state index contributed by atoms with van der Waals surface area (Å²) in [7, 11) is 0. The highest BCUT2D eigenvalue weighted by Crippen LogP contribution is 2.28. The summed E-state index contributed by atoms with van der Waals surface area (Å²) < 4.78 is 5.41. The van der Waals surface area contributed by atoms with E-state index in [1.165, 1.54) is 0 Å². The molecule has 2 saturated heterocycles. The van der Waals surface area contributed by atoms with Gasteiger partial charge in [0.2, 0.25) is 5.91 Å². The van der Waals surface area contributed by atoms with Crippen molar-refractivity contribution in [3.05, 3.63) is 0 Å². The van der Waals surface area contributed by atoms with Crippen molar-refractivity contribution in [1.29, 1.82) is 0 Å². The van der Waals surface area contributed by atoms with Crippen LogP contribution in [-0.2, 0) is 9.53 Å². The number of rotatable bonds is 7. The predicted molar refractivity (Wildman–Crippen MR) is 82.5 cm³/mol. The van der Waals surface area contributed by atoms with Crippen LogP contribution in [0.5, 0.6) is 0 Å². The maximum atomic E-state index is 12.4. The minimum absolute atomic E-state index is 0.0575. The molecule has 2 heterocycles. The largest absolute Gasteiger partial charge is 0.381 e. The minimum Gasteiger partial charge on any atom is -0.381 e. The third kappa shape index (κ3) is 4.12. The van der Waals surface area contributed by atoms with Gasteiger partial charge in [0.15, 0.2) is 0 Å². The SMILES string of the molecule is O=C1CCCN1CCCNC(=O)N(CC1CCOC1)C1CC1. The van der Waals surface area contributed by atoms with E-state index in [0.29, 0.717) is 24.9 Å². The standard InChI is InChI=1S/C16H27N3O3/c20-15-3-1-8-18(15)9-2-7-17-16(21)19(14-4-5-14)11-13-6-10-22-12-13/h13-14H,1-12H2,(H,17,21). The molecular formula is C16H27N3O3. The molecule has 1 saturated carbocycles. The molecule has 1 aliphatic carbocycles. The predicted octanol–water partition coefficient (Wildman–Crippen LogP) is 1.21. The second-order valence-corrected chi connectivity index (χ2v) is 6.68. The summed E-state index contributed by atoms with van der Waals surface area (Å²) in [5.74, 6) is 0.751. The van der Waals surface area contributed by atoms with Crippen molar-refractivity contribution in [3.63, 3.8) is 0 Å². The van der Waals surface area contributed by atoms with E-state index < -0.39 is 0 Å². The molecule has 1 unspecified atom stereocenters. The van der Waals surface area contributed by atoms with Gasteiger partial charge in [0.05, 0.1) is 6.61 Å². The van der Waals surface area contributed by atoms with E-state index in [4.69, 9.17) is 4.74 Å². The Kier molecular flexibility index (Phi) is 5.18. The number of urea groups is 1. The van der Waals surface area contributed by atoms with Crippen molar-refractivity contribution in [2.45, 2.75) is 44.6 Å². The van der Waals surface area contributed by atoms with Crippen LogP contribution in [0.2, 0.25) is 0 Å². The second-order valence-electron chi connectivity index (χ2n) is 6.68. The Bertz CT molecular complexity index is 405. The lowest BCUT2D eigenvalue weighted by Gasteiger charge is -2.25. The molecular weight excluding hydrogens is 282 g/mol. The van der Waals surface area contributed by atoms with E-state index >= 15 is 0 Å². The maximum absolute atomic E-state index is 12.4. The number of hydrogen-bond acceptors (Lipinski definition) is 3. The maximum Gasteiger partial charge on any atom is 0.317 e. The summed E-state index contributed by atoms with van der Waals surface area (Å²) in [6.45, 7) is 4.72. The number of hydrogen-bond donors (Lipinski definition) is 1. The smallest absolute Gasteiger partial charge is 0.317 e. The number of amides is 3. The Hall–Kier alpha value is -1.30. The lowest BCUT2D eigenvalue weighted by molar-refractivity contribution is -0.127. The van der Waals surface area contributed by atoms with E-state index in [1.54, 1.807) is 0 Å².